The summed E-state index contributed by atoms with van der Waals surface area (Å²) in [4.78, 5) is 19.6. The molecule has 29 heavy (non-hydrogen) atoms. The first-order chi connectivity index (χ1) is 14.2. The lowest BCUT2D eigenvalue weighted by Gasteiger charge is -2.27. The van der Waals surface area contributed by atoms with Gasteiger partial charge in [-0.25, -0.2) is 4.98 Å². The Labute approximate surface area is 170 Å². The lowest BCUT2D eigenvalue weighted by atomic mass is 10.1. The Bertz CT molecular complexity index is 959. The van der Waals surface area contributed by atoms with E-state index in [9.17, 15) is 4.79 Å². The van der Waals surface area contributed by atoms with Crippen LogP contribution in [0.25, 0.3) is 22.8 Å². The number of amides is 1. The fourth-order valence-electron chi connectivity index (χ4n) is 3.48. The molecule has 3 aromatic rings. The largest absolute Gasteiger partial charge is 0.436 e. The monoisotopic (exact) mass is 390 g/mol. The average molecular weight is 390 g/mol. The Hall–Kier alpha value is -2.96. The third kappa shape index (κ3) is 4.72. The predicted molar refractivity (Wildman–Crippen MR) is 114 cm³/mol. The number of aromatic nitrogens is 1. The number of hydrogen-bond acceptors (Lipinski definition) is 5. The highest BCUT2D eigenvalue weighted by atomic mass is 16.4. The highest BCUT2D eigenvalue weighted by Crippen LogP contribution is 2.28. The van der Waals surface area contributed by atoms with Crippen LogP contribution in [0, 0.1) is 6.92 Å². The summed E-state index contributed by atoms with van der Waals surface area (Å²) >= 11 is 0. The van der Waals surface area contributed by atoms with Crippen molar-refractivity contribution in [3.8, 4) is 22.8 Å². The zero-order valence-electron chi connectivity index (χ0n) is 16.6. The minimum Gasteiger partial charge on any atom is -0.436 e. The first kappa shape index (κ1) is 19.4. The van der Waals surface area contributed by atoms with Crippen LogP contribution in [-0.4, -0.2) is 55.1 Å². The Balaban J connectivity index is 1.46. The van der Waals surface area contributed by atoms with E-state index >= 15 is 0 Å². The number of hydrogen-bond donors (Lipinski definition) is 2. The number of piperazine rings is 1. The molecular formula is C23H26N4O2. The summed E-state index contributed by atoms with van der Waals surface area (Å²) in [7, 11) is 0. The van der Waals surface area contributed by atoms with Gasteiger partial charge in [-0.3, -0.25) is 9.69 Å². The summed E-state index contributed by atoms with van der Waals surface area (Å²) in [6, 6.07) is 15.5. The van der Waals surface area contributed by atoms with Gasteiger partial charge in [0.25, 0.3) is 5.91 Å². The van der Waals surface area contributed by atoms with E-state index in [2.05, 4.69) is 20.5 Å². The predicted octanol–water partition coefficient (Wildman–Crippen LogP) is 2.95. The summed E-state index contributed by atoms with van der Waals surface area (Å²) in [6.07, 6.45) is 1.71. The molecule has 0 aliphatic carbocycles. The zero-order valence-corrected chi connectivity index (χ0v) is 16.6. The molecule has 0 spiro atoms. The van der Waals surface area contributed by atoms with E-state index in [1.165, 1.54) is 5.56 Å². The minimum absolute atomic E-state index is 0.106. The Morgan fingerprint density at radius 1 is 1.14 bits per heavy atom. The zero-order chi connectivity index (χ0) is 20.1. The summed E-state index contributed by atoms with van der Waals surface area (Å²) in [5.41, 5.74) is 3.43. The summed E-state index contributed by atoms with van der Waals surface area (Å²) in [6.45, 7) is 7.57. The van der Waals surface area contributed by atoms with Gasteiger partial charge in [0.2, 0.25) is 5.89 Å². The maximum atomic E-state index is 12.8. The van der Waals surface area contributed by atoms with Crippen LogP contribution in [0.4, 0.5) is 0 Å². The molecule has 1 aliphatic rings. The van der Waals surface area contributed by atoms with Gasteiger partial charge in [0, 0.05) is 50.4 Å². The van der Waals surface area contributed by atoms with Crippen molar-refractivity contribution in [3.05, 3.63) is 65.9 Å². The first-order valence-corrected chi connectivity index (χ1v) is 10.0. The lowest BCUT2D eigenvalue weighted by molar-refractivity contribution is 0.0947. The molecule has 1 amide bonds. The van der Waals surface area contributed by atoms with Crippen LogP contribution in [-0.2, 0) is 0 Å². The normalized spacial score (nSPS) is 14.7. The van der Waals surface area contributed by atoms with Gasteiger partial charge in [-0.05, 0) is 19.1 Å². The maximum absolute atomic E-state index is 12.8. The van der Waals surface area contributed by atoms with Gasteiger partial charge < -0.3 is 15.1 Å². The molecule has 2 N–H and O–H groups in total. The topological polar surface area (TPSA) is 70.4 Å². The highest BCUT2D eigenvalue weighted by Gasteiger charge is 2.17. The quantitative estimate of drug-likeness (QED) is 0.677. The molecule has 6 heteroatoms. The second-order valence-corrected chi connectivity index (χ2v) is 7.29. The van der Waals surface area contributed by atoms with Crippen molar-refractivity contribution in [3.63, 3.8) is 0 Å². The van der Waals surface area contributed by atoms with Crippen LogP contribution in [0.2, 0.25) is 0 Å². The van der Waals surface area contributed by atoms with Gasteiger partial charge in [0.15, 0.2) is 5.76 Å². The molecule has 150 valence electrons. The first-order valence-electron chi connectivity index (χ1n) is 10.0. The van der Waals surface area contributed by atoms with E-state index in [4.69, 9.17) is 4.42 Å². The van der Waals surface area contributed by atoms with E-state index < -0.39 is 0 Å². The molecule has 1 saturated heterocycles. The van der Waals surface area contributed by atoms with Crippen molar-refractivity contribution in [2.45, 2.75) is 6.92 Å². The molecular weight excluding hydrogens is 364 g/mol. The number of aryl methyl sites for hydroxylation is 1. The third-order valence-electron chi connectivity index (χ3n) is 5.17. The van der Waals surface area contributed by atoms with E-state index in [0.717, 1.165) is 38.3 Å². The number of rotatable bonds is 6. The van der Waals surface area contributed by atoms with Gasteiger partial charge in [0.05, 0.1) is 11.8 Å². The van der Waals surface area contributed by atoms with Gasteiger partial charge >= 0.3 is 0 Å². The van der Waals surface area contributed by atoms with Gasteiger partial charge in [-0.1, -0.05) is 42.0 Å². The summed E-state index contributed by atoms with van der Waals surface area (Å²) in [5, 5.41) is 6.37. The van der Waals surface area contributed by atoms with Crippen molar-refractivity contribution in [2.24, 2.45) is 0 Å². The van der Waals surface area contributed by atoms with E-state index in [1.807, 2.05) is 55.5 Å². The third-order valence-corrected chi connectivity index (χ3v) is 5.17. The SMILES string of the molecule is Cc1ccc(-c2cnc(-c3ccccc3C(=O)NCCN3CCNCC3)o2)cc1. The lowest BCUT2D eigenvalue weighted by Crippen LogP contribution is -2.46. The van der Waals surface area contributed by atoms with Crippen molar-refractivity contribution in [2.75, 3.05) is 39.3 Å². The fourth-order valence-corrected chi connectivity index (χ4v) is 3.48. The van der Waals surface area contributed by atoms with Crippen LogP contribution in [0.1, 0.15) is 15.9 Å². The van der Waals surface area contributed by atoms with Gasteiger partial charge in [0.1, 0.15) is 0 Å². The van der Waals surface area contributed by atoms with E-state index in [1.54, 1.807) is 6.20 Å². The smallest absolute Gasteiger partial charge is 0.252 e. The average Bonchev–Trinajstić information content (AvgIpc) is 3.25. The number of carbonyl (C=O) groups excluding carboxylic acids is 1. The maximum Gasteiger partial charge on any atom is 0.252 e. The summed E-state index contributed by atoms with van der Waals surface area (Å²) < 4.78 is 5.98. The van der Waals surface area contributed by atoms with Crippen LogP contribution in [0.3, 0.4) is 0 Å². The number of nitrogens with zero attached hydrogens (tertiary/aromatic N) is 2. The molecule has 0 unspecified atom stereocenters. The molecule has 2 aromatic carbocycles. The van der Waals surface area contributed by atoms with Gasteiger partial charge in [-0.2, -0.15) is 0 Å². The molecule has 1 fully saturated rings. The molecule has 2 heterocycles. The second-order valence-electron chi connectivity index (χ2n) is 7.29. The fraction of sp³-hybridized carbons (Fsp3) is 0.304. The van der Waals surface area contributed by atoms with Crippen molar-refractivity contribution >= 4 is 5.91 Å². The molecule has 1 aliphatic heterocycles. The van der Waals surface area contributed by atoms with E-state index in [0.29, 0.717) is 29.3 Å². The van der Waals surface area contributed by atoms with Crippen molar-refractivity contribution in [1.29, 1.82) is 0 Å². The van der Waals surface area contributed by atoms with E-state index in [-0.39, 0.29) is 5.91 Å². The number of oxazole rings is 1. The second kappa shape index (κ2) is 9.03. The molecule has 0 bridgehead atoms. The number of benzene rings is 2. The highest BCUT2D eigenvalue weighted by molar-refractivity contribution is 6.00. The summed E-state index contributed by atoms with van der Waals surface area (Å²) in [5.74, 6) is 1.04. The molecule has 1 aromatic heterocycles. The minimum atomic E-state index is -0.106. The Kier molecular flexibility index (Phi) is 6.03. The van der Waals surface area contributed by atoms with Crippen LogP contribution < -0.4 is 10.6 Å². The van der Waals surface area contributed by atoms with Gasteiger partial charge in [-0.15, -0.1) is 0 Å². The molecule has 0 atom stereocenters. The van der Waals surface area contributed by atoms with Crippen molar-refractivity contribution in [1.82, 2.24) is 20.5 Å². The number of carbonyl (C=O) groups is 1. The molecule has 0 saturated carbocycles. The molecule has 0 radical (unpaired) electrons. The number of nitrogens with one attached hydrogen (secondary N) is 2. The Morgan fingerprint density at radius 2 is 1.90 bits per heavy atom. The standard InChI is InChI=1S/C23H26N4O2/c1-17-6-8-18(9-7-17)21-16-26-23(29-21)20-5-3-2-4-19(20)22(28)25-12-15-27-13-10-24-11-14-27/h2-9,16,24H,10-15H2,1H3,(H,25,28). The molecule has 6 nitrogen and oxygen atoms in total. The molecule has 4 rings (SSSR count). The van der Waals surface area contributed by atoms with Crippen LogP contribution >= 0.6 is 0 Å². The van der Waals surface area contributed by atoms with Crippen LogP contribution in [0.5, 0.6) is 0 Å². The van der Waals surface area contributed by atoms with Crippen molar-refractivity contribution < 1.29 is 9.21 Å². The van der Waals surface area contributed by atoms with Crippen LogP contribution in [0.15, 0.2) is 59.1 Å². The Morgan fingerprint density at radius 3 is 2.69 bits per heavy atom.